The topological polar surface area (TPSA) is 68.0 Å². The Balaban J connectivity index is 0.00000408. The molecule has 0 aliphatic rings. The summed E-state index contributed by atoms with van der Waals surface area (Å²) in [5.41, 5.74) is -9.50. The summed E-state index contributed by atoms with van der Waals surface area (Å²) in [6.07, 6.45) is -9.57. The second kappa shape index (κ2) is 9.21. The molecule has 0 amide bonds. The third-order valence-electron chi connectivity index (χ3n) is 4.06. The number of pyridine rings is 1. The number of rotatable bonds is 4. The van der Waals surface area contributed by atoms with E-state index in [1.807, 2.05) is 4.98 Å². The molecule has 187 valence electrons. The Morgan fingerprint density at radius 2 is 1.47 bits per heavy atom. The first-order valence-corrected chi connectivity index (χ1v) is 8.08. The predicted molar refractivity (Wildman–Crippen MR) is 82.6 cm³/mol. The molecule has 0 aliphatic carbocycles. The van der Waals surface area contributed by atoms with Gasteiger partial charge in [0.15, 0.2) is 29.0 Å². The zero-order chi connectivity index (χ0) is 25.0. The van der Waals surface area contributed by atoms with E-state index in [0.717, 1.165) is 0 Å². The van der Waals surface area contributed by atoms with Gasteiger partial charge in [-0.05, 0) is 12.1 Å². The normalized spacial score (nSPS) is 11.6. The van der Waals surface area contributed by atoms with Crippen LogP contribution < -0.4 is 0 Å². The molecular formula is C17H4CuF11N3O2. The average molecular weight is 555 g/mol. The molecule has 2 aromatic heterocycles. The third kappa shape index (κ3) is 4.44. The first-order valence-electron chi connectivity index (χ1n) is 8.08. The number of aromatic nitrogens is 3. The first-order chi connectivity index (χ1) is 15.2. The summed E-state index contributed by atoms with van der Waals surface area (Å²) in [4.78, 5) is 14.5. The Morgan fingerprint density at radius 1 is 0.941 bits per heavy atom. The SMILES string of the molecule is O=C(c1cc(F)c(F)c(F)c1)c1c(C(F)F)nn(-c2c(F)c(F)nc(C(F)(F)F)c2F)c1O.[Cu]. The van der Waals surface area contributed by atoms with E-state index < -0.39 is 92.2 Å². The molecule has 3 rings (SSSR count). The van der Waals surface area contributed by atoms with E-state index >= 15 is 0 Å². The number of halogens is 11. The van der Waals surface area contributed by atoms with Gasteiger partial charge in [0.05, 0.1) is 0 Å². The van der Waals surface area contributed by atoms with Crippen LogP contribution in [0.1, 0.15) is 33.7 Å². The van der Waals surface area contributed by atoms with Crippen LogP contribution in [0, 0.1) is 35.0 Å². The van der Waals surface area contributed by atoms with Crippen LogP contribution in [0.5, 0.6) is 5.88 Å². The maximum Gasteiger partial charge on any atom is 0.436 e. The summed E-state index contributed by atoms with van der Waals surface area (Å²) in [5.74, 6) is -17.6. The van der Waals surface area contributed by atoms with E-state index in [4.69, 9.17) is 0 Å². The maximum atomic E-state index is 14.3. The summed E-state index contributed by atoms with van der Waals surface area (Å²) in [7, 11) is 0. The van der Waals surface area contributed by atoms with Crippen molar-refractivity contribution in [3.63, 3.8) is 0 Å². The van der Waals surface area contributed by atoms with Gasteiger partial charge < -0.3 is 5.11 Å². The summed E-state index contributed by atoms with van der Waals surface area (Å²) >= 11 is 0. The van der Waals surface area contributed by atoms with Gasteiger partial charge in [-0.15, -0.1) is 0 Å². The van der Waals surface area contributed by atoms with Crippen LogP contribution in [0.3, 0.4) is 0 Å². The van der Waals surface area contributed by atoms with Gasteiger partial charge in [-0.25, -0.2) is 31.3 Å². The predicted octanol–water partition coefficient (Wildman–Crippen LogP) is 4.99. The number of hydrogen-bond acceptors (Lipinski definition) is 4. The molecule has 0 bridgehead atoms. The van der Waals surface area contributed by atoms with Gasteiger partial charge in [-0.1, -0.05) is 0 Å². The zero-order valence-electron chi connectivity index (χ0n) is 15.4. The van der Waals surface area contributed by atoms with Crippen LogP contribution >= 0.6 is 0 Å². The van der Waals surface area contributed by atoms with Crippen LogP contribution in [-0.2, 0) is 23.2 Å². The van der Waals surface area contributed by atoms with Crippen LogP contribution in [0.2, 0.25) is 0 Å². The van der Waals surface area contributed by atoms with E-state index in [0.29, 0.717) is 0 Å². The zero-order valence-corrected chi connectivity index (χ0v) is 16.3. The van der Waals surface area contributed by atoms with Gasteiger partial charge in [0.2, 0.25) is 17.5 Å². The number of ketones is 1. The van der Waals surface area contributed by atoms with Crippen molar-refractivity contribution >= 4 is 5.78 Å². The molecule has 0 atom stereocenters. The average Bonchev–Trinajstić information content (AvgIpc) is 3.04. The van der Waals surface area contributed by atoms with Gasteiger partial charge in [0.1, 0.15) is 16.9 Å². The first kappa shape index (κ1) is 27.0. The van der Waals surface area contributed by atoms with Crippen LogP contribution in [-0.4, -0.2) is 25.7 Å². The van der Waals surface area contributed by atoms with E-state index in [9.17, 15) is 58.2 Å². The van der Waals surface area contributed by atoms with Crippen molar-refractivity contribution < 1.29 is 75.3 Å². The van der Waals surface area contributed by atoms with Crippen LogP contribution in [0.25, 0.3) is 5.69 Å². The largest absolute Gasteiger partial charge is 0.493 e. The monoisotopic (exact) mass is 554 g/mol. The Labute approximate surface area is 190 Å². The molecule has 0 saturated carbocycles. The molecule has 17 heteroatoms. The molecule has 3 aromatic rings. The minimum absolute atomic E-state index is 0. The number of benzene rings is 1. The van der Waals surface area contributed by atoms with Gasteiger partial charge in [0, 0.05) is 22.6 Å². The summed E-state index contributed by atoms with van der Waals surface area (Å²) in [5, 5.41) is 12.9. The maximum absolute atomic E-state index is 14.3. The van der Waals surface area contributed by atoms with Crippen molar-refractivity contribution in [2.45, 2.75) is 12.6 Å². The van der Waals surface area contributed by atoms with E-state index in [2.05, 4.69) is 5.10 Å². The van der Waals surface area contributed by atoms with E-state index in [-0.39, 0.29) is 29.2 Å². The molecule has 34 heavy (non-hydrogen) atoms. The minimum Gasteiger partial charge on any atom is -0.493 e. The van der Waals surface area contributed by atoms with Crippen molar-refractivity contribution in [1.29, 1.82) is 0 Å². The Hall–Kier alpha value is -3.20. The fourth-order valence-corrected chi connectivity index (χ4v) is 2.66. The molecule has 0 aliphatic heterocycles. The molecule has 0 spiro atoms. The second-order valence-electron chi connectivity index (χ2n) is 6.10. The molecule has 1 aromatic carbocycles. The summed E-state index contributed by atoms with van der Waals surface area (Å²) in [6.45, 7) is 0. The Bertz CT molecular complexity index is 1270. The van der Waals surface area contributed by atoms with Gasteiger partial charge in [-0.2, -0.15) is 31.7 Å². The van der Waals surface area contributed by atoms with Crippen LogP contribution in [0.4, 0.5) is 48.3 Å². The smallest absolute Gasteiger partial charge is 0.436 e. The second-order valence-corrected chi connectivity index (χ2v) is 6.10. The number of aromatic hydroxyl groups is 1. The fourth-order valence-electron chi connectivity index (χ4n) is 2.66. The molecule has 0 fully saturated rings. The van der Waals surface area contributed by atoms with Gasteiger partial charge >= 0.3 is 6.18 Å². The molecule has 0 saturated heterocycles. The van der Waals surface area contributed by atoms with Crippen molar-refractivity contribution in [2.75, 3.05) is 0 Å². The van der Waals surface area contributed by atoms with Gasteiger partial charge in [-0.3, -0.25) is 4.79 Å². The van der Waals surface area contributed by atoms with Crippen molar-refractivity contribution in [3.8, 4) is 11.6 Å². The summed E-state index contributed by atoms with van der Waals surface area (Å²) < 4.78 is 147. The standard InChI is InChI=1S/C17H4F11N3O2.Cu/c18-4-1-3(2-5(19)7(4)20)12(32)6-10(14(23)24)30-31(16(6)33)11-8(21)13(17(26,27)28)29-15(25)9(11)22;/h1-2,14,33H;. The third-order valence-corrected chi connectivity index (χ3v) is 4.06. The number of nitrogens with zero attached hydrogens (tertiary/aromatic N) is 3. The number of hydrogen-bond donors (Lipinski definition) is 1. The van der Waals surface area contributed by atoms with E-state index in [1.54, 1.807) is 0 Å². The van der Waals surface area contributed by atoms with E-state index in [1.165, 1.54) is 0 Å². The minimum atomic E-state index is -5.72. The molecule has 2 heterocycles. The van der Waals surface area contributed by atoms with Crippen molar-refractivity contribution in [2.24, 2.45) is 0 Å². The number of carbonyl (C=O) groups excluding carboxylic acids is 1. The molecular weight excluding hydrogens is 551 g/mol. The van der Waals surface area contributed by atoms with Gasteiger partial charge in [0.25, 0.3) is 12.4 Å². The Kier molecular flexibility index (Phi) is 7.33. The molecule has 1 N–H and O–H groups in total. The number of alkyl halides is 5. The quantitative estimate of drug-likeness (QED) is 0.162. The van der Waals surface area contributed by atoms with Crippen molar-refractivity contribution in [3.05, 3.63) is 69.7 Å². The fraction of sp³-hybridized carbons (Fsp3) is 0.118. The summed E-state index contributed by atoms with van der Waals surface area (Å²) in [6, 6.07) is 0.0314. The van der Waals surface area contributed by atoms with Crippen LogP contribution in [0.15, 0.2) is 12.1 Å². The molecule has 5 nitrogen and oxygen atoms in total. The molecule has 1 radical (unpaired) electrons. The van der Waals surface area contributed by atoms with Crippen molar-refractivity contribution in [1.82, 2.24) is 14.8 Å². The number of carbonyl (C=O) groups is 1. The molecule has 0 unspecified atom stereocenters. The Morgan fingerprint density at radius 3 is 1.94 bits per heavy atom.